The van der Waals surface area contributed by atoms with Crippen LogP contribution in [0.5, 0.6) is 0 Å². The van der Waals surface area contributed by atoms with Gasteiger partial charge in [-0.25, -0.2) is 4.39 Å². The summed E-state index contributed by atoms with van der Waals surface area (Å²) in [7, 11) is 0. The number of amides is 1. The van der Waals surface area contributed by atoms with Gasteiger partial charge in [-0.15, -0.1) is 0 Å². The summed E-state index contributed by atoms with van der Waals surface area (Å²) in [4.78, 5) is 12.1. The highest BCUT2D eigenvalue weighted by atomic mass is 35.5. The zero-order valence-electron chi connectivity index (χ0n) is 10.3. The minimum absolute atomic E-state index is 0.149. The summed E-state index contributed by atoms with van der Waals surface area (Å²) in [6, 6.07) is 5.37. The van der Waals surface area contributed by atoms with Crippen molar-refractivity contribution in [3.05, 3.63) is 47.0 Å². The van der Waals surface area contributed by atoms with Gasteiger partial charge in [-0.05, 0) is 31.2 Å². The summed E-state index contributed by atoms with van der Waals surface area (Å²) < 4.78 is 14.6. The largest absolute Gasteiger partial charge is 0.397 e. The summed E-state index contributed by atoms with van der Waals surface area (Å²) >= 11 is 5.85. The van der Waals surface area contributed by atoms with Crippen molar-refractivity contribution in [1.29, 1.82) is 0 Å². The minimum atomic E-state index is -0.454. The number of aromatic nitrogens is 1. The maximum Gasteiger partial charge on any atom is 0.272 e. The minimum Gasteiger partial charge on any atom is -0.397 e. The van der Waals surface area contributed by atoms with Crippen molar-refractivity contribution in [1.82, 2.24) is 4.57 Å². The number of aryl methyl sites for hydroxylation is 1. The molecule has 0 aliphatic heterocycles. The molecule has 0 aliphatic rings. The number of carbonyl (C=O) groups excluding carboxylic acids is 1. The van der Waals surface area contributed by atoms with Crippen LogP contribution in [0.3, 0.4) is 0 Å². The first-order chi connectivity index (χ1) is 9.01. The van der Waals surface area contributed by atoms with Gasteiger partial charge in [0.25, 0.3) is 5.91 Å². The van der Waals surface area contributed by atoms with Gasteiger partial charge in [0, 0.05) is 12.7 Å². The Labute approximate surface area is 115 Å². The van der Waals surface area contributed by atoms with Crippen LogP contribution in [0.1, 0.15) is 17.4 Å². The number of nitrogens with one attached hydrogen (secondary N) is 1. The Hall–Kier alpha value is -2.01. The first-order valence-electron chi connectivity index (χ1n) is 5.73. The SMILES string of the molecule is CCn1cc(N)cc1C(=O)Nc1ccc(F)cc1Cl. The van der Waals surface area contributed by atoms with Crippen molar-refractivity contribution in [2.75, 3.05) is 11.1 Å². The van der Waals surface area contributed by atoms with Crippen molar-refractivity contribution >= 4 is 28.9 Å². The summed E-state index contributed by atoms with van der Waals surface area (Å²) in [5, 5.41) is 2.78. The second-order valence-corrected chi connectivity index (χ2v) is 4.43. The number of benzene rings is 1. The van der Waals surface area contributed by atoms with E-state index in [2.05, 4.69) is 5.32 Å². The van der Waals surface area contributed by atoms with E-state index in [1.54, 1.807) is 16.8 Å². The standard InChI is InChI=1S/C13H13ClFN3O/c1-2-18-7-9(16)6-12(18)13(19)17-11-4-3-8(15)5-10(11)14/h3-7H,2,16H2,1H3,(H,17,19). The van der Waals surface area contributed by atoms with Gasteiger partial charge < -0.3 is 15.6 Å². The molecule has 2 aromatic rings. The number of rotatable bonds is 3. The highest BCUT2D eigenvalue weighted by Crippen LogP contribution is 2.23. The Morgan fingerprint density at radius 2 is 2.21 bits per heavy atom. The molecule has 0 fully saturated rings. The van der Waals surface area contributed by atoms with Crippen LogP contribution >= 0.6 is 11.6 Å². The zero-order valence-corrected chi connectivity index (χ0v) is 11.0. The second-order valence-electron chi connectivity index (χ2n) is 4.02. The van der Waals surface area contributed by atoms with E-state index in [9.17, 15) is 9.18 Å². The lowest BCUT2D eigenvalue weighted by Crippen LogP contribution is -2.16. The molecule has 1 aromatic carbocycles. The predicted octanol–water partition coefficient (Wildman–Crippen LogP) is 3.14. The van der Waals surface area contributed by atoms with Crippen LogP contribution in [-0.2, 0) is 6.54 Å². The summed E-state index contributed by atoms with van der Waals surface area (Å²) in [5.41, 5.74) is 6.96. The van der Waals surface area contributed by atoms with Crippen LogP contribution in [0, 0.1) is 5.82 Å². The van der Waals surface area contributed by atoms with E-state index < -0.39 is 5.82 Å². The number of halogens is 2. The molecule has 3 N–H and O–H groups in total. The summed E-state index contributed by atoms with van der Waals surface area (Å²) in [6.45, 7) is 2.53. The van der Waals surface area contributed by atoms with E-state index >= 15 is 0 Å². The van der Waals surface area contributed by atoms with Gasteiger partial charge in [-0.3, -0.25) is 4.79 Å². The normalized spacial score (nSPS) is 10.5. The lowest BCUT2D eigenvalue weighted by Gasteiger charge is -2.09. The molecular formula is C13H13ClFN3O. The number of nitrogens with zero attached hydrogens (tertiary/aromatic N) is 1. The first-order valence-corrected chi connectivity index (χ1v) is 6.11. The summed E-state index contributed by atoms with van der Waals surface area (Å²) in [5.74, 6) is -0.795. The van der Waals surface area contributed by atoms with Crippen LogP contribution < -0.4 is 11.1 Å². The average Bonchev–Trinajstić information content (AvgIpc) is 2.74. The topological polar surface area (TPSA) is 60.0 Å². The van der Waals surface area contributed by atoms with E-state index in [1.807, 2.05) is 6.92 Å². The van der Waals surface area contributed by atoms with Gasteiger partial charge in [0.1, 0.15) is 11.5 Å². The van der Waals surface area contributed by atoms with Crippen molar-refractivity contribution < 1.29 is 9.18 Å². The van der Waals surface area contributed by atoms with Crippen molar-refractivity contribution in [2.45, 2.75) is 13.5 Å². The molecule has 2 rings (SSSR count). The third kappa shape index (κ3) is 2.88. The molecule has 0 unspecified atom stereocenters. The highest BCUT2D eigenvalue weighted by Gasteiger charge is 2.13. The van der Waals surface area contributed by atoms with Gasteiger partial charge in [0.15, 0.2) is 0 Å². The number of nitrogen functional groups attached to an aromatic ring is 1. The molecule has 19 heavy (non-hydrogen) atoms. The highest BCUT2D eigenvalue weighted by molar-refractivity contribution is 6.33. The maximum absolute atomic E-state index is 12.9. The Kier molecular flexibility index (Phi) is 3.76. The molecule has 0 spiro atoms. The third-order valence-electron chi connectivity index (χ3n) is 2.67. The van der Waals surface area contributed by atoms with Gasteiger partial charge in [-0.1, -0.05) is 11.6 Å². The molecule has 0 saturated carbocycles. The fraction of sp³-hybridized carbons (Fsp3) is 0.154. The molecule has 1 amide bonds. The molecule has 0 atom stereocenters. The number of nitrogens with two attached hydrogens (primary N) is 1. The molecule has 0 bridgehead atoms. The van der Waals surface area contributed by atoms with Crippen molar-refractivity contribution in [3.8, 4) is 0 Å². The van der Waals surface area contributed by atoms with E-state index in [0.29, 0.717) is 23.6 Å². The number of carbonyl (C=O) groups is 1. The molecule has 0 saturated heterocycles. The Bertz CT molecular complexity index is 624. The molecule has 4 nitrogen and oxygen atoms in total. The predicted molar refractivity (Wildman–Crippen MR) is 73.9 cm³/mol. The van der Waals surface area contributed by atoms with E-state index in [4.69, 9.17) is 17.3 Å². The van der Waals surface area contributed by atoms with Gasteiger partial charge in [-0.2, -0.15) is 0 Å². The lowest BCUT2D eigenvalue weighted by molar-refractivity contribution is 0.101. The molecule has 6 heteroatoms. The van der Waals surface area contributed by atoms with E-state index in [0.717, 1.165) is 6.07 Å². The van der Waals surface area contributed by atoms with Gasteiger partial charge in [0.2, 0.25) is 0 Å². The third-order valence-corrected chi connectivity index (χ3v) is 2.98. The molecule has 0 aliphatic carbocycles. The van der Waals surface area contributed by atoms with Crippen molar-refractivity contribution in [3.63, 3.8) is 0 Å². The second kappa shape index (κ2) is 5.32. The van der Waals surface area contributed by atoms with E-state index in [-0.39, 0.29) is 10.9 Å². The quantitative estimate of drug-likeness (QED) is 0.908. The monoisotopic (exact) mass is 281 g/mol. The number of anilines is 2. The molecule has 0 radical (unpaired) electrons. The lowest BCUT2D eigenvalue weighted by atomic mass is 10.3. The van der Waals surface area contributed by atoms with Crippen LogP contribution in [0.25, 0.3) is 0 Å². The molecule has 1 heterocycles. The maximum atomic E-state index is 12.9. The van der Waals surface area contributed by atoms with E-state index in [1.165, 1.54) is 12.1 Å². The Balaban J connectivity index is 2.25. The van der Waals surface area contributed by atoms with Crippen LogP contribution in [0.15, 0.2) is 30.5 Å². The fourth-order valence-corrected chi connectivity index (χ4v) is 1.98. The number of hydrogen-bond donors (Lipinski definition) is 2. The molecular weight excluding hydrogens is 269 g/mol. The van der Waals surface area contributed by atoms with Crippen molar-refractivity contribution in [2.24, 2.45) is 0 Å². The summed E-state index contributed by atoms with van der Waals surface area (Å²) in [6.07, 6.45) is 1.68. The zero-order chi connectivity index (χ0) is 14.0. The van der Waals surface area contributed by atoms with Gasteiger partial charge in [0.05, 0.1) is 16.4 Å². The smallest absolute Gasteiger partial charge is 0.272 e. The van der Waals surface area contributed by atoms with Gasteiger partial charge >= 0.3 is 0 Å². The van der Waals surface area contributed by atoms with Crippen LogP contribution in [-0.4, -0.2) is 10.5 Å². The first kappa shape index (κ1) is 13.4. The average molecular weight is 282 g/mol. The number of hydrogen-bond acceptors (Lipinski definition) is 2. The fourth-order valence-electron chi connectivity index (χ4n) is 1.76. The Morgan fingerprint density at radius 3 is 2.84 bits per heavy atom. The molecule has 100 valence electrons. The Morgan fingerprint density at radius 1 is 1.47 bits per heavy atom. The van der Waals surface area contributed by atoms with Crippen LogP contribution in [0.2, 0.25) is 5.02 Å². The molecule has 1 aromatic heterocycles. The van der Waals surface area contributed by atoms with Crippen LogP contribution in [0.4, 0.5) is 15.8 Å².